The zero-order valence-electron chi connectivity index (χ0n) is 23.6. The van der Waals surface area contributed by atoms with Crippen molar-refractivity contribution < 1.29 is 13.5 Å². The topological polar surface area (TPSA) is 9.23 Å². The van der Waals surface area contributed by atoms with Gasteiger partial charge in [0.1, 0.15) is 0 Å². The second-order valence-corrected chi connectivity index (χ2v) is 15.1. The van der Waals surface area contributed by atoms with Gasteiger partial charge >= 0.3 is 0 Å². The van der Waals surface area contributed by atoms with Crippen LogP contribution in [0.15, 0.2) is 0 Å². The SMILES string of the molecule is CC(C)CCC[C@@H](C)[C@H]1CC[C@H]2[C@@H]3CC(F)(F)C4C[C@@H](OC(C)(C)C)CC[C@]4(C)[C@H]3CC[C@]12C. The zero-order chi connectivity index (χ0) is 25.1. The van der Waals surface area contributed by atoms with E-state index in [9.17, 15) is 0 Å². The van der Waals surface area contributed by atoms with Crippen molar-refractivity contribution >= 4 is 0 Å². The van der Waals surface area contributed by atoms with Crippen LogP contribution < -0.4 is 0 Å². The molecule has 0 radical (unpaired) electrons. The van der Waals surface area contributed by atoms with E-state index in [4.69, 9.17) is 4.74 Å². The van der Waals surface area contributed by atoms with E-state index in [0.717, 1.165) is 30.6 Å². The Bertz CT molecular complexity index is 711. The Morgan fingerprint density at radius 2 is 1.53 bits per heavy atom. The fraction of sp³-hybridized carbons (Fsp3) is 1.00. The number of halogens is 2. The minimum Gasteiger partial charge on any atom is -0.373 e. The van der Waals surface area contributed by atoms with Gasteiger partial charge in [0, 0.05) is 12.3 Å². The van der Waals surface area contributed by atoms with Gasteiger partial charge in [-0.25, -0.2) is 8.78 Å². The first-order chi connectivity index (χ1) is 15.7. The predicted molar refractivity (Wildman–Crippen MR) is 138 cm³/mol. The van der Waals surface area contributed by atoms with Crippen LogP contribution in [0.5, 0.6) is 0 Å². The maximum atomic E-state index is 16.0. The third-order valence-corrected chi connectivity index (χ3v) is 11.3. The molecule has 9 atom stereocenters. The molecule has 0 aromatic rings. The van der Waals surface area contributed by atoms with Crippen LogP contribution in [0.3, 0.4) is 0 Å². The molecule has 0 bridgehead atoms. The summed E-state index contributed by atoms with van der Waals surface area (Å²) in [5.41, 5.74) is -0.223. The van der Waals surface area contributed by atoms with Gasteiger partial charge in [0.25, 0.3) is 5.92 Å². The number of hydrogen-bond acceptors (Lipinski definition) is 1. The van der Waals surface area contributed by atoms with Crippen molar-refractivity contribution in [1.82, 2.24) is 0 Å². The summed E-state index contributed by atoms with van der Waals surface area (Å²) in [6.45, 7) is 18.0. The van der Waals surface area contributed by atoms with Crippen molar-refractivity contribution in [1.29, 1.82) is 0 Å². The highest BCUT2D eigenvalue weighted by molar-refractivity contribution is 5.13. The van der Waals surface area contributed by atoms with E-state index >= 15 is 8.78 Å². The van der Waals surface area contributed by atoms with Crippen molar-refractivity contribution in [2.24, 2.45) is 52.3 Å². The molecule has 0 heterocycles. The molecule has 0 amide bonds. The van der Waals surface area contributed by atoms with Crippen LogP contribution in [0.2, 0.25) is 0 Å². The molecule has 34 heavy (non-hydrogen) atoms. The highest BCUT2D eigenvalue weighted by Crippen LogP contribution is 2.70. The zero-order valence-corrected chi connectivity index (χ0v) is 23.6. The number of rotatable bonds is 6. The van der Waals surface area contributed by atoms with Crippen molar-refractivity contribution in [2.45, 2.75) is 144 Å². The van der Waals surface area contributed by atoms with Crippen LogP contribution in [0.1, 0.15) is 126 Å². The van der Waals surface area contributed by atoms with Crippen LogP contribution in [-0.2, 0) is 4.74 Å². The Morgan fingerprint density at radius 1 is 0.882 bits per heavy atom. The molecular weight excluding hydrogens is 426 g/mol. The normalized spacial score (nSPS) is 44.9. The highest BCUT2D eigenvalue weighted by Gasteiger charge is 2.67. The van der Waals surface area contributed by atoms with Gasteiger partial charge in [-0.05, 0) is 112 Å². The van der Waals surface area contributed by atoms with Crippen molar-refractivity contribution in [3.05, 3.63) is 0 Å². The average molecular weight is 481 g/mol. The number of ether oxygens (including phenoxy) is 1. The maximum absolute atomic E-state index is 16.0. The fourth-order valence-corrected chi connectivity index (χ4v) is 9.87. The van der Waals surface area contributed by atoms with Gasteiger partial charge in [-0.15, -0.1) is 0 Å². The molecule has 1 nitrogen and oxygen atoms in total. The first-order valence-electron chi connectivity index (χ1n) is 14.7. The number of hydrogen-bond donors (Lipinski definition) is 0. The lowest BCUT2D eigenvalue weighted by molar-refractivity contribution is -0.243. The molecule has 3 heteroatoms. The summed E-state index contributed by atoms with van der Waals surface area (Å²) < 4.78 is 38.2. The van der Waals surface area contributed by atoms with Crippen molar-refractivity contribution in [3.63, 3.8) is 0 Å². The second-order valence-electron chi connectivity index (χ2n) is 15.1. The molecule has 0 aliphatic heterocycles. The number of alkyl halides is 2. The van der Waals surface area contributed by atoms with E-state index in [1.807, 2.05) is 0 Å². The van der Waals surface area contributed by atoms with Crippen LogP contribution in [0.25, 0.3) is 0 Å². The number of fused-ring (bicyclic) bond motifs is 5. The summed E-state index contributed by atoms with van der Waals surface area (Å²) in [4.78, 5) is 0. The van der Waals surface area contributed by atoms with Crippen LogP contribution in [0.4, 0.5) is 8.78 Å². The monoisotopic (exact) mass is 480 g/mol. The van der Waals surface area contributed by atoms with E-state index in [-0.39, 0.29) is 34.9 Å². The summed E-state index contributed by atoms with van der Waals surface area (Å²) in [6.07, 6.45) is 11.3. The summed E-state index contributed by atoms with van der Waals surface area (Å²) in [5.74, 6) is 0.327. The fourth-order valence-electron chi connectivity index (χ4n) is 9.87. The van der Waals surface area contributed by atoms with E-state index in [0.29, 0.717) is 18.3 Å². The quantitative estimate of drug-likeness (QED) is 0.368. The minimum absolute atomic E-state index is 0.0168. The van der Waals surface area contributed by atoms with Gasteiger partial charge in [-0.1, -0.05) is 53.9 Å². The molecule has 4 aliphatic carbocycles. The third-order valence-electron chi connectivity index (χ3n) is 11.3. The van der Waals surface area contributed by atoms with E-state index in [2.05, 4.69) is 55.4 Å². The molecule has 4 aliphatic rings. The average Bonchev–Trinajstić information content (AvgIpc) is 3.05. The molecule has 198 valence electrons. The van der Waals surface area contributed by atoms with Crippen molar-refractivity contribution in [2.75, 3.05) is 0 Å². The summed E-state index contributed by atoms with van der Waals surface area (Å²) >= 11 is 0. The van der Waals surface area contributed by atoms with Gasteiger partial charge in [-0.3, -0.25) is 0 Å². The Kier molecular flexibility index (Phi) is 7.34. The van der Waals surface area contributed by atoms with Crippen molar-refractivity contribution in [3.8, 4) is 0 Å². The molecule has 0 N–H and O–H groups in total. The highest BCUT2D eigenvalue weighted by atomic mass is 19.3. The minimum atomic E-state index is -2.56. The predicted octanol–water partition coefficient (Wildman–Crippen LogP) is 9.54. The van der Waals surface area contributed by atoms with E-state index < -0.39 is 11.8 Å². The molecule has 0 saturated heterocycles. The molecular formula is C31H54F2O. The molecule has 0 aromatic heterocycles. The standard InChI is InChI=1S/C31H54F2O/c1-20(2)10-9-11-21(3)24-12-13-25-23-19-31(32,33)27-18-22(34-28(4,5)6)14-16-30(27,8)26(23)15-17-29(24,25)7/h20-27H,9-19H2,1-8H3/t21-,22+,23+,24-,25+,26+,27?,29-,30-/m1/s1. The van der Waals surface area contributed by atoms with Gasteiger partial charge in [0.15, 0.2) is 0 Å². The lowest BCUT2D eigenvalue weighted by atomic mass is 9.43. The Morgan fingerprint density at radius 3 is 2.18 bits per heavy atom. The summed E-state index contributed by atoms with van der Waals surface area (Å²) in [6, 6.07) is 0. The molecule has 4 saturated carbocycles. The van der Waals surface area contributed by atoms with E-state index in [1.165, 1.54) is 44.9 Å². The smallest absolute Gasteiger partial charge is 0.251 e. The first-order valence-corrected chi connectivity index (χ1v) is 14.7. The van der Waals surface area contributed by atoms with Crippen LogP contribution in [0, 0.1) is 52.3 Å². The molecule has 4 fully saturated rings. The van der Waals surface area contributed by atoms with Gasteiger partial charge in [0.2, 0.25) is 0 Å². The Balaban J connectivity index is 1.51. The first kappa shape index (κ1) is 26.9. The largest absolute Gasteiger partial charge is 0.373 e. The molecule has 0 aromatic carbocycles. The van der Waals surface area contributed by atoms with Gasteiger partial charge < -0.3 is 4.74 Å². The van der Waals surface area contributed by atoms with Gasteiger partial charge in [0.05, 0.1) is 11.7 Å². The summed E-state index contributed by atoms with van der Waals surface area (Å²) in [7, 11) is 0. The van der Waals surface area contributed by atoms with Crippen LogP contribution in [-0.4, -0.2) is 17.6 Å². The summed E-state index contributed by atoms with van der Waals surface area (Å²) in [5, 5.41) is 0. The van der Waals surface area contributed by atoms with E-state index in [1.54, 1.807) is 0 Å². The molecule has 4 rings (SSSR count). The second kappa shape index (κ2) is 9.29. The lowest BCUT2D eigenvalue weighted by Crippen LogP contribution is -2.61. The maximum Gasteiger partial charge on any atom is 0.251 e. The third kappa shape index (κ3) is 4.87. The lowest BCUT2D eigenvalue weighted by Gasteiger charge is -2.63. The Labute approximate surface area is 209 Å². The Hall–Kier alpha value is -0.180. The molecule has 1 unspecified atom stereocenters. The van der Waals surface area contributed by atoms with Gasteiger partial charge in [-0.2, -0.15) is 0 Å². The van der Waals surface area contributed by atoms with Crippen LogP contribution >= 0.6 is 0 Å². The molecule has 0 spiro atoms.